The first-order chi connectivity index (χ1) is 8.45. The summed E-state index contributed by atoms with van der Waals surface area (Å²) in [5, 5.41) is 1.80. The van der Waals surface area contributed by atoms with E-state index in [1.807, 2.05) is 0 Å². The van der Waals surface area contributed by atoms with Gasteiger partial charge in [0.15, 0.2) is 0 Å². The van der Waals surface area contributed by atoms with Gasteiger partial charge >= 0.3 is 0 Å². The van der Waals surface area contributed by atoms with Crippen LogP contribution in [-0.2, 0) is 16.6 Å². The Kier molecular flexibility index (Phi) is 4.11. The molecule has 1 saturated heterocycles. The second-order valence-electron chi connectivity index (χ2n) is 5.18. The minimum Gasteiger partial charge on any atom is -0.326 e. The summed E-state index contributed by atoms with van der Waals surface area (Å²) in [7, 11) is -3.36. The Labute approximate surface area is 113 Å². The lowest BCUT2D eigenvalue weighted by molar-refractivity contribution is 0.222. The van der Waals surface area contributed by atoms with Crippen molar-refractivity contribution < 1.29 is 8.42 Å². The van der Waals surface area contributed by atoms with Crippen LogP contribution in [0.5, 0.6) is 0 Å². The van der Waals surface area contributed by atoms with Crippen LogP contribution in [0.2, 0.25) is 0 Å². The molecule has 2 heterocycles. The Morgan fingerprint density at radius 2 is 2.00 bits per heavy atom. The van der Waals surface area contributed by atoms with Crippen LogP contribution < -0.4 is 5.73 Å². The van der Waals surface area contributed by atoms with Gasteiger partial charge in [-0.3, -0.25) is 0 Å². The van der Waals surface area contributed by atoms with Crippen molar-refractivity contribution in [2.75, 3.05) is 13.1 Å². The summed E-state index contributed by atoms with van der Waals surface area (Å²) in [6.07, 6.45) is 1.10. The van der Waals surface area contributed by atoms with Gasteiger partial charge in [-0.25, -0.2) is 8.42 Å². The fraction of sp³-hybridized carbons (Fsp3) is 0.667. The summed E-state index contributed by atoms with van der Waals surface area (Å²) in [5.41, 5.74) is 5.60. The van der Waals surface area contributed by atoms with E-state index in [9.17, 15) is 8.42 Å². The second-order valence-corrected chi connectivity index (χ2v) is 8.09. The topological polar surface area (TPSA) is 63.4 Å². The molecule has 0 aromatic carbocycles. The maximum atomic E-state index is 12.6. The maximum Gasteiger partial charge on any atom is 0.244 e. The largest absolute Gasteiger partial charge is 0.326 e. The van der Waals surface area contributed by atoms with Gasteiger partial charge in [-0.2, -0.15) is 4.31 Å². The zero-order valence-electron chi connectivity index (χ0n) is 10.8. The number of nitrogens with zero attached hydrogens (tertiary/aromatic N) is 1. The van der Waals surface area contributed by atoms with Crippen LogP contribution in [0, 0.1) is 11.8 Å². The fourth-order valence-corrected chi connectivity index (χ4v) is 5.63. The molecule has 102 valence electrons. The first-order valence-corrected chi connectivity index (χ1v) is 8.53. The van der Waals surface area contributed by atoms with Crippen LogP contribution in [0.4, 0.5) is 0 Å². The van der Waals surface area contributed by atoms with E-state index in [4.69, 9.17) is 5.73 Å². The van der Waals surface area contributed by atoms with E-state index in [0.29, 0.717) is 29.8 Å². The van der Waals surface area contributed by atoms with Crippen molar-refractivity contribution in [3.05, 3.63) is 16.3 Å². The number of piperidine rings is 1. The minimum atomic E-state index is -3.36. The first kappa shape index (κ1) is 14.0. The monoisotopic (exact) mass is 288 g/mol. The molecule has 2 N–H and O–H groups in total. The van der Waals surface area contributed by atoms with Gasteiger partial charge in [0.25, 0.3) is 0 Å². The van der Waals surface area contributed by atoms with Crippen LogP contribution in [-0.4, -0.2) is 25.8 Å². The van der Waals surface area contributed by atoms with Gasteiger partial charge in [-0.1, -0.05) is 13.8 Å². The molecule has 2 unspecified atom stereocenters. The molecular formula is C12H20N2O2S2. The molecule has 2 atom stereocenters. The van der Waals surface area contributed by atoms with Crippen LogP contribution in [0.25, 0.3) is 0 Å². The standard InChI is InChI=1S/C12H20N2O2S2/c1-9-5-10(2)8-14(7-9)18(15,16)12-3-4-17-11(12)6-13/h3-4,9-10H,5-8,13H2,1-2H3. The number of hydrogen-bond donors (Lipinski definition) is 1. The van der Waals surface area contributed by atoms with Crippen molar-refractivity contribution in [1.29, 1.82) is 0 Å². The average molecular weight is 288 g/mol. The molecule has 0 radical (unpaired) electrons. The van der Waals surface area contributed by atoms with E-state index in [0.717, 1.165) is 11.3 Å². The highest BCUT2D eigenvalue weighted by Crippen LogP contribution is 2.29. The zero-order chi connectivity index (χ0) is 13.3. The number of sulfonamides is 1. The third-order valence-corrected chi connectivity index (χ3v) is 6.33. The van der Waals surface area contributed by atoms with E-state index >= 15 is 0 Å². The summed E-state index contributed by atoms with van der Waals surface area (Å²) < 4.78 is 26.8. The molecule has 2 rings (SSSR count). The molecule has 0 aliphatic carbocycles. The predicted octanol–water partition coefficient (Wildman–Crippen LogP) is 1.87. The number of thiophene rings is 1. The zero-order valence-corrected chi connectivity index (χ0v) is 12.4. The maximum absolute atomic E-state index is 12.6. The van der Waals surface area contributed by atoms with Crippen LogP contribution in [0.3, 0.4) is 0 Å². The molecule has 0 amide bonds. The van der Waals surface area contributed by atoms with Crippen molar-refractivity contribution in [1.82, 2.24) is 4.31 Å². The third kappa shape index (κ3) is 2.61. The van der Waals surface area contributed by atoms with Gasteiger partial charge in [-0.15, -0.1) is 11.3 Å². The van der Waals surface area contributed by atoms with E-state index in [1.54, 1.807) is 15.8 Å². The Hall–Kier alpha value is -0.430. The lowest BCUT2D eigenvalue weighted by Crippen LogP contribution is -2.42. The van der Waals surface area contributed by atoms with E-state index in [1.165, 1.54) is 11.3 Å². The van der Waals surface area contributed by atoms with Crippen molar-refractivity contribution >= 4 is 21.4 Å². The summed E-state index contributed by atoms with van der Waals surface area (Å²) in [6.45, 7) is 5.73. The predicted molar refractivity (Wildman–Crippen MR) is 73.9 cm³/mol. The Morgan fingerprint density at radius 3 is 2.56 bits per heavy atom. The SMILES string of the molecule is CC1CC(C)CN(S(=O)(=O)c2ccsc2CN)C1. The molecule has 1 aliphatic rings. The highest BCUT2D eigenvalue weighted by Gasteiger charge is 2.33. The van der Waals surface area contributed by atoms with E-state index in [-0.39, 0.29) is 6.54 Å². The van der Waals surface area contributed by atoms with Crippen LogP contribution in [0.1, 0.15) is 25.1 Å². The average Bonchev–Trinajstić information content (AvgIpc) is 2.76. The molecule has 1 aromatic rings. The molecular weight excluding hydrogens is 268 g/mol. The summed E-state index contributed by atoms with van der Waals surface area (Å²) in [5.74, 6) is 0.840. The molecule has 1 aromatic heterocycles. The Morgan fingerprint density at radius 1 is 1.39 bits per heavy atom. The summed E-state index contributed by atoms with van der Waals surface area (Å²) in [6, 6.07) is 1.67. The summed E-state index contributed by atoms with van der Waals surface area (Å²) >= 11 is 1.41. The number of nitrogens with two attached hydrogens (primary N) is 1. The lowest BCUT2D eigenvalue weighted by atomic mass is 9.94. The van der Waals surface area contributed by atoms with Crippen LogP contribution in [0.15, 0.2) is 16.3 Å². The fourth-order valence-electron chi connectivity index (χ4n) is 2.65. The molecule has 0 spiro atoms. The molecule has 18 heavy (non-hydrogen) atoms. The van der Waals surface area contributed by atoms with Gasteiger partial charge in [0.1, 0.15) is 0 Å². The molecule has 0 saturated carbocycles. The lowest BCUT2D eigenvalue weighted by Gasteiger charge is -2.34. The van der Waals surface area contributed by atoms with Crippen molar-refractivity contribution in [3.8, 4) is 0 Å². The van der Waals surface area contributed by atoms with E-state index < -0.39 is 10.0 Å². The molecule has 0 bridgehead atoms. The molecule has 1 fully saturated rings. The number of rotatable bonds is 3. The van der Waals surface area contributed by atoms with Crippen molar-refractivity contribution in [3.63, 3.8) is 0 Å². The number of hydrogen-bond acceptors (Lipinski definition) is 4. The van der Waals surface area contributed by atoms with E-state index in [2.05, 4.69) is 13.8 Å². The Balaban J connectivity index is 2.31. The molecule has 4 nitrogen and oxygen atoms in total. The van der Waals surface area contributed by atoms with Crippen molar-refractivity contribution in [2.24, 2.45) is 17.6 Å². The van der Waals surface area contributed by atoms with Gasteiger partial charge in [0.2, 0.25) is 10.0 Å². The molecule has 6 heteroatoms. The summed E-state index contributed by atoms with van der Waals surface area (Å²) in [4.78, 5) is 1.15. The van der Waals surface area contributed by atoms with Gasteiger partial charge in [0, 0.05) is 24.5 Å². The highest BCUT2D eigenvalue weighted by molar-refractivity contribution is 7.89. The second kappa shape index (κ2) is 5.28. The van der Waals surface area contributed by atoms with Crippen molar-refractivity contribution in [2.45, 2.75) is 31.7 Å². The van der Waals surface area contributed by atoms with Crippen LogP contribution >= 0.6 is 11.3 Å². The van der Waals surface area contributed by atoms with Gasteiger partial charge in [-0.05, 0) is 29.7 Å². The normalized spacial score (nSPS) is 26.4. The first-order valence-electron chi connectivity index (χ1n) is 6.21. The third-order valence-electron chi connectivity index (χ3n) is 3.34. The Bertz CT molecular complexity index is 500. The molecule has 1 aliphatic heterocycles. The highest BCUT2D eigenvalue weighted by atomic mass is 32.2. The minimum absolute atomic E-state index is 0.283. The quantitative estimate of drug-likeness (QED) is 0.923. The smallest absolute Gasteiger partial charge is 0.244 e. The van der Waals surface area contributed by atoms with Gasteiger partial charge in [0.05, 0.1) is 4.90 Å². The van der Waals surface area contributed by atoms with Gasteiger partial charge < -0.3 is 5.73 Å².